The van der Waals surface area contributed by atoms with E-state index in [1.807, 2.05) is 32.0 Å². The van der Waals surface area contributed by atoms with Gasteiger partial charge in [-0.3, -0.25) is 4.31 Å². The van der Waals surface area contributed by atoms with Crippen LogP contribution in [-0.4, -0.2) is 39.7 Å². The van der Waals surface area contributed by atoms with Gasteiger partial charge in [0.25, 0.3) is 0 Å². The first kappa shape index (κ1) is 31.3. The fourth-order valence-corrected chi connectivity index (χ4v) is 4.62. The number of nitrogens with one attached hydrogen (secondary N) is 2. The lowest BCUT2D eigenvalue weighted by molar-refractivity contribution is -0.0437. The quantitative estimate of drug-likeness (QED) is 0.467. The first-order valence-corrected chi connectivity index (χ1v) is 12.3. The Morgan fingerprint density at radius 2 is 1.80 bits per heavy atom. The van der Waals surface area contributed by atoms with E-state index in [-0.39, 0.29) is 53.0 Å². The van der Waals surface area contributed by atoms with E-state index < -0.39 is 15.5 Å². The molecule has 1 fully saturated rings. The lowest BCUT2D eigenvalue weighted by Crippen LogP contribution is -2.45. The summed E-state index contributed by atoms with van der Waals surface area (Å²) in [5.74, 6) is 0.499. The van der Waals surface area contributed by atoms with Gasteiger partial charge in [0.1, 0.15) is 5.75 Å². The number of piperidine rings is 1. The summed E-state index contributed by atoms with van der Waals surface area (Å²) in [4.78, 5) is 0. The van der Waals surface area contributed by atoms with Crippen LogP contribution in [0.1, 0.15) is 43.9 Å². The number of anilines is 1. The summed E-state index contributed by atoms with van der Waals surface area (Å²) in [6.07, 6.45) is 1.76. The Balaban J connectivity index is 0.00000306. The van der Waals surface area contributed by atoms with Crippen molar-refractivity contribution in [3.05, 3.63) is 59.7 Å². The van der Waals surface area contributed by atoms with Crippen LogP contribution in [0.15, 0.2) is 48.5 Å². The van der Waals surface area contributed by atoms with Crippen molar-refractivity contribution in [3.8, 4) is 5.75 Å². The van der Waals surface area contributed by atoms with E-state index in [0.717, 1.165) is 32.0 Å². The van der Waals surface area contributed by atoms with Gasteiger partial charge >= 0.3 is 15.5 Å². The number of nitrogens with zero attached hydrogens (tertiary/aromatic N) is 1. The number of hydrogen-bond donors (Lipinski definition) is 2. The highest BCUT2D eigenvalue weighted by Crippen LogP contribution is 2.33. The Kier molecular flexibility index (Phi) is 11.6. The van der Waals surface area contributed by atoms with Crippen molar-refractivity contribution in [1.29, 1.82) is 0 Å². The van der Waals surface area contributed by atoms with E-state index in [2.05, 4.69) is 22.8 Å². The van der Waals surface area contributed by atoms with E-state index in [1.165, 1.54) is 18.2 Å². The molecule has 0 spiro atoms. The minimum atomic E-state index is -5.50. The highest BCUT2D eigenvalue weighted by molar-refractivity contribution is 7.93. The minimum Gasteiger partial charge on any atom is -0.491 e. The summed E-state index contributed by atoms with van der Waals surface area (Å²) in [5, 5.41) is 7.03. The molecule has 12 heteroatoms. The van der Waals surface area contributed by atoms with Crippen LogP contribution < -0.4 is 19.7 Å². The largest absolute Gasteiger partial charge is 0.516 e. The molecule has 0 aliphatic carbocycles. The van der Waals surface area contributed by atoms with E-state index >= 15 is 0 Å². The van der Waals surface area contributed by atoms with Gasteiger partial charge in [0.05, 0.1) is 11.8 Å². The Bertz CT molecular complexity index is 1040. The average Bonchev–Trinajstić information content (AvgIpc) is 2.77. The standard InChI is InChI=1S/C23H30F3N3O3S.2ClH/c1-16(2)32-21-12-11-19(29(3)33(30,31)23(24,25)26)14-18(21)15-28-20-10-7-13-27-22(20)17-8-5-4-6-9-17;;/h4-6,8-9,11-12,14,16,20,22,27-28H,7,10,13,15H2,1-3H3;2*1H. The Morgan fingerprint density at radius 1 is 1.14 bits per heavy atom. The first-order chi connectivity index (χ1) is 15.5. The second-order valence-corrected chi connectivity index (χ2v) is 10.3. The molecule has 35 heavy (non-hydrogen) atoms. The molecule has 198 valence electrons. The van der Waals surface area contributed by atoms with Gasteiger partial charge in [-0.2, -0.15) is 21.6 Å². The van der Waals surface area contributed by atoms with E-state index in [1.54, 1.807) is 0 Å². The monoisotopic (exact) mass is 557 g/mol. The van der Waals surface area contributed by atoms with Crippen LogP contribution in [0.5, 0.6) is 5.75 Å². The molecule has 2 aromatic rings. The maximum absolute atomic E-state index is 13.0. The highest BCUT2D eigenvalue weighted by atomic mass is 35.5. The van der Waals surface area contributed by atoms with Gasteiger partial charge in [-0.1, -0.05) is 30.3 Å². The topological polar surface area (TPSA) is 70.7 Å². The third kappa shape index (κ3) is 7.63. The Labute approximate surface area is 217 Å². The summed E-state index contributed by atoms with van der Waals surface area (Å²) in [7, 11) is -4.60. The summed E-state index contributed by atoms with van der Waals surface area (Å²) in [6.45, 7) is 4.91. The predicted octanol–water partition coefficient (Wildman–Crippen LogP) is 5.19. The van der Waals surface area contributed by atoms with Gasteiger partial charge in [-0.15, -0.1) is 24.8 Å². The average molecular weight is 558 g/mol. The third-order valence-corrected chi connectivity index (χ3v) is 7.11. The number of alkyl halides is 3. The van der Waals surface area contributed by atoms with Crippen molar-refractivity contribution in [2.24, 2.45) is 0 Å². The lowest BCUT2D eigenvalue weighted by Gasteiger charge is -2.34. The molecule has 2 N–H and O–H groups in total. The SMILES string of the molecule is CC(C)Oc1ccc(N(C)S(=O)(=O)C(F)(F)F)cc1CNC1CCCNC1c1ccccc1.Cl.Cl. The molecule has 2 atom stereocenters. The highest BCUT2D eigenvalue weighted by Gasteiger charge is 2.49. The first-order valence-electron chi connectivity index (χ1n) is 10.9. The molecule has 1 aliphatic rings. The Morgan fingerprint density at radius 3 is 2.40 bits per heavy atom. The molecule has 3 rings (SSSR count). The Hall–Kier alpha value is -1.72. The molecular weight excluding hydrogens is 526 g/mol. The predicted molar refractivity (Wildman–Crippen MR) is 137 cm³/mol. The molecule has 1 saturated heterocycles. The van der Waals surface area contributed by atoms with Gasteiger partial charge in [0, 0.05) is 31.2 Å². The number of ether oxygens (including phenoxy) is 1. The maximum atomic E-state index is 13.0. The molecule has 2 aromatic carbocycles. The second-order valence-electron chi connectivity index (χ2n) is 8.35. The zero-order valence-electron chi connectivity index (χ0n) is 19.7. The molecule has 1 aliphatic heterocycles. The van der Waals surface area contributed by atoms with Crippen LogP contribution in [0, 0.1) is 0 Å². The van der Waals surface area contributed by atoms with Gasteiger partial charge in [0.15, 0.2) is 0 Å². The fourth-order valence-electron chi connectivity index (χ4n) is 3.92. The van der Waals surface area contributed by atoms with E-state index in [0.29, 0.717) is 17.9 Å². The zero-order valence-corrected chi connectivity index (χ0v) is 22.2. The molecule has 6 nitrogen and oxygen atoms in total. The van der Waals surface area contributed by atoms with Crippen LogP contribution in [0.3, 0.4) is 0 Å². The lowest BCUT2D eigenvalue weighted by atomic mass is 9.92. The van der Waals surface area contributed by atoms with Crippen LogP contribution in [-0.2, 0) is 16.6 Å². The maximum Gasteiger partial charge on any atom is 0.516 e. The van der Waals surface area contributed by atoms with Gasteiger partial charge < -0.3 is 15.4 Å². The van der Waals surface area contributed by atoms with E-state index in [9.17, 15) is 21.6 Å². The molecule has 0 saturated carbocycles. The van der Waals surface area contributed by atoms with Crippen molar-refractivity contribution in [1.82, 2.24) is 10.6 Å². The molecule has 0 radical (unpaired) electrons. The summed E-state index contributed by atoms with van der Waals surface area (Å²) < 4.78 is 69.0. The van der Waals surface area contributed by atoms with Crippen molar-refractivity contribution < 1.29 is 26.3 Å². The molecule has 0 bridgehead atoms. The fraction of sp³-hybridized carbons (Fsp3) is 0.478. The molecule has 2 unspecified atom stereocenters. The van der Waals surface area contributed by atoms with Crippen LogP contribution in [0.4, 0.5) is 18.9 Å². The van der Waals surface area contributed by atoms with Crippen molar-refractivity contribution in [3.63, 3.8) is 0 Å². The number of benzene rings is 2. The van der Waals surface area contributed by atoms with Crippen LogP contribution >= 0.6 is 24.8 Å². The minimum absolute atomic E-state index is 0. The van der Waals surface area contributed by atoms with Crippen LogP contribution in [0.2, 0.25) is 0 Å². The summed E-state index contributed by atoms with van der Waals surface area (Å²) in [5.41, 5.74) is -3.73. The van der Waals surface area contributed by atoms with Gasteiger partial charge in [0.2, 0.25) is 0 Å². The second kappa shape index (κ2) is 13.0. The number of halogens is 5. The van der Waals surface area contributed by atoms with Gasteiger partial charge in [-0.05, 0) is 57.0 Å². The number of rotatable bonds is 8. The summed E-state index contributed by atoms with van der Waals surface area (Å²) in [6, 6.07) is 14.5. The molecule has 0 amide bonds. The van der Waals surface area contributed by atoms with Crippen molar-refractivity contribution >= 4 is 40.5 Å². The van der Waals surface area contributed by atoms with Crippen molar-refractivity contribution in [2.45, 2.75) is 56.9 Å². The normalized spacial score (nSPS) is 18.4. The number of sulfonamides is 1. The third-order valence-electron chi connectivity index (χ3n) is 5.60. The molecule has 0 aromatic heterocycles. The summed E-state index contributed by atoms with van der Waals surface area (Å²) >= 11 is 0. The smallest absolute Gasteiger partial charge is 0.491 e. The molecular formula is C23H32Cl2F3N3O3S. The van der Waals surface area contributed by atoms with Crippen LogP contribution in [0.25, 0.3) is 0 Å². The van der Waals surface area contributed by atoms with Crippen molar-refractivity contribution in [2.75, 3.05) is 17.9 Å². The molecule has 1 heterocycles. The number of hydrogen-bond acceptors (Lipinski definition) is 5. The zero-order chi connectivity index (χ0) is 24.2. The van der Waals surface area contributed by atoms with E-state index in [4.69, 9.17) is 4.74 Å². The van der Waals surface area contributed by atoms with Gasteiger partial charge in [-0.25, -0.2) is 0 Å².